The summed E-state index contributed by atoms with van der Waals surface area (Å²) in [6.07, 6.45) is -8.04. The molecular formula is C21H30O9. The second-order valence-electron chi connectivity index (χ2n) is 8.25. The van der Waals surface area contributed by atoms with E-state index in [0.29, 0.717) is 19.4 Å². The lowest BCUT2D eigenvalue weighted by Gasteiger charge is -2.39. The summed E-state index contributed by atoms with van der Waals surface area (Å²) in [5.74, 6) is -1.50. The number of ether oxygens (including phenoxy) is 3. The molecule has 1 fully saturated rings. The molecule has 0 aliphatic carbocycles. The number of carboxylic acids is 1. The van der Waals surface area contributed by atoms with Crippen molar-refractivity contribution in [3.05, 3.63) is 29.3 Å². The molecule has 2 rings (SSSR count). The Morgan fingerprint density at radius 3 is 2.40 bits per heavy atom. The quantitative estimate of drug-likeness (QED) is 0.352. The third-order valence-electron chi connectivity index (χ3n) is 5.14. The van der Waals surface area contributed by atoms with Gasteiger partial charge in [0.2, 0.25) is 6.29 Å². The minimum Gasteiger partial charge on any atom is -0.493 e. The van der Waals surface area contributed by atoms with Crippen molar-refractivity contribution in [1.82, 2.24) is 0 Å². The number of hydrogen-bond donors (Lipinski definition) is 4. The number of aryl methyl sites for hydroxylation is 2. The van der Waals surface area contributed by atoms with Crippen LogP contribution in [0, 0.1) is 19.3 Å². The molecule has 0 bridgehead atoms. The number of rotatable bonds is 8. The van der Waals surface area contributed by atoms with Crippen molar-refractivity contribution >= 4 is 11.9 Å². The number of aliphatic hydroxyl groups excluding tert-OH is 3. The van der Waals surface area contributed by atoms with E-state index in [1.165, 1.54) is 0 Å². The number of esters is 1. The topological polar surface area (TPSA) is 143 Å². The maximum absolute atomic E-state index is 12.6. The summed E-state index contributed by atoms with van der Waals surface area (Å²) in [5.41, 5.74) is 1.11. The summed E-state index contributed by atoms with van der Waals surface area (Å²) in [6, 6.07) is 5.90. The summed E-state index contributed by atoms with van der Waals surface area (Å²) in [7, 11) is 0. The van der Waals surface area contributed by atoms with Crippen LogP contribution in [0.2, 0.25) is 0 Å². The molecular weight excluding hydrogens is 396 g/mol. The number of hydrogen-bond acceptors (Lipinski definition) is 8. The second-order valence-corrected chi connectivity index (χ2v) is 8.25. The smallest absolute Gasteiger partial charge is 0.335 e. The van der Waals surface area contributed by atoms with Gasteiger partial charge in [0.15, 0.2) is 6.10 Å². The van der Waals surface area contributed by atoms with Crippen molar-refractivity contribution in [3.8, 4) is 5.75 Å². The highest BCUT2D eigenvalue weighted by molar-refractivity contribution is 5.76. The summed E-state index contributed by atoms with van der Waals surface area (Å²) in [6.45, 7) is 7.58. The maximum Gasteiger partial charge on any atom is 0.335 e. The lowest BCUT2D eigenvalue weighted by Crippen LogP contribution is -2.61. The molecule has 0 spiro atoms. The molecule has 1 heterocycles. The van der Waals surface area contributed by atoms with E-state index >= 15 is 0 Å². The summed E-state index contributed by atoms with van der Waals surface area (Å²) in [4.78, 5) is 23.7. The van der Waals surface area contributed by atoms with Gasteiger partial charge in [-0.05, 0) is 57.7 Å². The molecule has 1 saturated heterocycles. The fourth-order valence-corrected chi connectivity index (χ4v) is 3.08. The van der Waals surface area contributed by atoms with Gasteiger partial charge >= 0.3 is 11.9 Å². The summed E-state index contributed by atoms with van der Waals surface area (Å²) < 4.78 is 15.9. The van der Waals surface area contributed by atoms with E-state index in [2.05, 4.69) is 0 Å². The number of aliphatic carboxylic acids is 1. The fourth-order valence-electron chi connectivity index (χ4n) is 3.08. The van der Waals surface area contributed by atoms with Crippen LogP contribution >= 0.6 is 0 Å². The Morgan fingerprint density at radius 2 is 1.77 bits per heavy atom. The second kappa shape index (κ2) is 9.74. The number of benzene rings is 1. The average molecular weight is 426 g/mol. The van der Waals surface area contributed by atoms with E-state index in [1.807, 2.05) is 32.0 Å². The molecule has 1 aliphatic rings. The average Bonchev–Trinajstić information content (AvgIpc) is 2.67. The first-order valence-corrected chi connectivity index (χ1v) is 9.77. The first-order chi connectivity index (χ1) is 13.9. The van der Waals surface area contributed by atoms with Crippen LogP contribution in [0.1, 0.15) is 37.8 Å². The van der Waals surface area contributed by atoms with Crippen LogP contribution < -0.4 is 4.74 Å². The Labute approximate surface area is 175 Å². The molecule has 1 aromatic rings. The van der Waals surface area contributed by atoms with Crippen LogP contribution in [-0.4, -0.2) is 69.7 Å². The zero-order valence-corrected chi connectivity index (χ0v) is 17.6. The molecule has 9 nitrogen and oxygen atoms in total. The molecule has 1 aliphatic heterocycles. The highest BCUT2D eigenvalue weighted by atomic mass is 16.7. The van der Waals surface area contributed by atoms with E-state index in [1.54, 1.807) is 13.8 Å². The minimum absolute atomic E-state index is 0.384. The fraction of sp³-hybridized carbons (Fsp3) is 0.619. The van der Waals surface area contributed by atoms with Gasteiger partial charge in [-0.3, -0.25) is 4.79 Å². The predicted octanol–water partition coefficient (Wildman–Crippen LogP) is 0.924. The van der Waals surface area contributed by atoms with Gasteiger partial charge in [-0.2, -0.15) is 0 Å². The van der Waals surface area contributed by atoms with Crippen LogP contribution in [-0.2, 0) is 19.1 Å². The molecule has 9 heteroatoms. The van der Waals surface area contributed by atoms with Crippen molar-refractivity contribution in [1.29, 1.82) is 0 Å². The Balaban J connectivity index is 1.90. The SMILES string of the molecule is Cc1ccc(C)c(OCCCC(C)(C)C(=O)OC2O[C@H](C(=O)O)[C@@H](O)[C@H](O)[C@H]2O)c1. The Bertz CT molecular complexity index is 761. The lowest BCUT2D eigenvalue weighted by atomic mass is 9.88. The Kier molecular flexibility index (Phi) is 7.81. The molecule has 1 unspecified atom stereocenters. The predicted molar refractivity (Wildman–Crippen MR) is 105 cm³/mol. The van der Waals surface area contributed by atoms with Gasteiger partial charge in [0.1, 0.15) is 24.1 Å². The molecule has 0 radical (unpaired) electrons. The van der Waals surface area contributed by atoms with Gasteiger partial charge < -0.3 is 34.6 Å². The van der Waals surface area contributed by atoms with Gasteiger partial charge in [0.05, 0.1) is 12.0 Å². The molecule has 0 saturated carbocycles. The highest BCUT2D eigenvalue weighted by Crippen LogP contribution is 2.29. The van der Waals surface area contributed by atoms with E-state index in [4.69, 9.17) is 19.3 Å². The van der Waals surface area contributed by atoms with Crippen molar-refractivity contribution in [2.24, 2.45) is 5.41 Å². The number of carbonyl (C=O) groups is 2. The molecule has 30 heavy (non-hydrogen) atoms. The normalized spacial score (nSPS) is 26.8. The van der Waals surface area contributed by atoms with Crippen molar-refractivity contribution in [2.45, 2.75) is 71.2 Å². The minimum atomic E-state index is -1.84. The van der Waals surface area contributed by atoms with Crippen LogP contribution in [0.25, 0.3) is 0 Å². The Morgan fingerprint density at radius 1 is 1.10 bits per heavy atom. The standard InChI is InChI=1S/C21H30O9/c1-11-6-7-12(2)13(10-11)28-9-5-8-21(3,4)20(27)30-19-16(24)14(22)15(23)17(29-19)18(25)26/h6-7,10,14-17,19,22-24H,5,8-9H2,1-4H3,(H,25,26)/t14-,15-,16+,17-,19?/m0/s1. The van der Waals surface area contributed by atoms with E-state index in [9.17, 15) is 24.9 Å². The highest BCUT2D eigenvalue weighted by Gasteiger charge is 2.49. The molecule has 1 aromatic carbocycles. The van der Waals surface area contributed by atoms with Crippen LogP contribution in [0.15, 0.2) is 18.2 Å². The third kappa shape index (κ3) is 5.69. The van der Waals surface area contributed by atoms with Gasteiger partial charge in [0.25, 0.3) is 0 Å². The number of carboxylic acid groups (broad SMARTS) is 1. The van der Waals surface area contributed by atoms with Gasteiger partial charge in [-0.25, -0.2) is 4.79 Å². The van der Waals surface area contributed by atoms with Gasteiger partial charge in [-0.1, -0.05) is 12.1 Å². The van der Waals surface area contributed by atoms with Gasteiger partial charge in [0, 0.05) is 0 Å². The van der Waals surface area contributed by atoms with Crippen molar-refractivity contribution in [2.75, 3.05) is 6.61 Å². The zero-order valence-electron chi connectivity index (χ0n) is 17.6. The monoisotopic (exact) mass is 426 g/mol. The van der Waals surface area contributed by atoms with E-state index in [-0.39, 0.29) is 0 Å². The van der Waals surface area contributed by atoms with E-state index < -0.39 is 48.1 Å². The number of carbonyl (C=O) groups excluding carboxylic acids is 1. The van der Waals surface area contributed by atoms with Crippen LogP contribution in [0.5, 0.6) is 5.75 Å². The maximum atomic E-state index is 12.6. The van der Waals surface area contributed by atoms with Gasteiger partial charge in [-0.15, -0.1) is 0 Å². The molecule has 4 N–H and O–H groups in total. The first-order valence-electron chi connectivity index (χ1n) is 9.77. The van der Waals surface area contributed by atoms with Crippen molar-refractivity contribution < 1.29 is 44.2 Å². The number of aliphatic hydroxyl groups is 3. The lowest BCUT2D eigenvalue weighted by molar-refractivity contribution is -0.288. The first kappa shape index (κ1) is 24.1. The molecule has 5 atom stereocenters. The third-order valence-corrected chi connectivity index (χ3v) is 5.14. The van der Waals surface area contributed by atoms with Crippen LogP contribution in [0.4, 0.5) is 0 Å². The largest absolute Gasteiger partial charge is 0.493 e. The van der Waals surface area contributed by atoms with Crippen molar-refractivity contribution in [3.63, 3.8) is 0 Å². The zero-order chi connectivity index (χ0) is 22.6. The molecule has 168 valence electrons. The van der Waals surface area contributed by atoms with Crippen LogP contribution in [0.3, 0.4) is 0 Å². The Hall–Kier alpha value is -2.20. The molecule has 0 amide bonds. The summed E-state index contributed by atoms with van der Waals surface area (Å²) in [5, 5.41) is 38.6. The summed E-state index contributed by atoms with van der Waals surface area (Å²) >= 11 is 0. The molecule has 0 aromatic heterocycles. The van der Waals surface area contributed by atoms with E-state index in [0.717, 1.165) is 16.9 Å².